The lowest BCUT2D eigenvalue weighted by atomic mass is 10.1. The van der Waals surface area contributed by atoms with Crippen molar-refractivity contribution < 1.29 is 0 Å². The highest BCUT2D eigenvalue weighted by atomic mass is 14.9. The van der Waals surface area contributed by atoms with E-state index in [0.29, 0.717) is 13.0 Å². The molecule has 0 aliphatic heterocycles. The second-order valence-corrected chi connectivity index (χ2v) is 3.85. The van der Waals surface area contributed by atoms with Gasteiger partial charge in [0.15, 0.2) is 0 Å². The third-order valence-electron chi connectivity index (χ3n) is 2.64. The van der Waals surface area contributed by atoms with Crippen LogP contribution in [-0.4, -0.2) is 15.0 Å². The van der Waals surface area contributed by atoms with Crippen LogP contribution in [0.2, 0.25) is 0 Å². The van der Waals surface area contributed by atoms with Crippen LogP contribution in [-0.2, 0) is 19.4 Å². The van der Waals surface area contributed by atoms with E-state index >= 15 is 0 Å². The Morgan fingerprint density at radius 1 is 1.29 bits per heavy atom. The first-order valence-electron chi connectivity index (χ1n) is 5.76. The molecular formula is C13H16N4. The third kappa shape index (κ3) is 2.85. The highest BCUT2D eigenvalue weighted by molar-refractivity contribution is 5.20. The summed E-state index contributed by atoms with van der Waals surface area (Å²) in [5.74, 6) is 0.826. The van der Waals surface area contributed by atoms with Crippen LogP contribution in [0.3, 0.4) is 0 Å². The summed E-state index contributed by atoms with van der Waals surface area (Å²) in [6, 6.07) is 3.95. The first kappa shape index (κ1) is 11.7. The van der Waals surface area contributed by atoms with Gasteiger partial charge in [-0.3, -0.25) is 4.98 Å². The minimum Gasteiger partial charge on any atom is -0.326 e. The SMILES string of the molecule is CCc1nc(Cc2cccnc2)ncc1CN. The van der Waals surface area contributed by atoms with Gasteiger partial charge in [-0.1, -0.05) is 13.0 Å². The average molecular weight is 228 g/mol. The Balaban J connectivity index is 2.22. The van der Waals surface area contributed by atoms with Gasteiger partial charge in [0.1, 0.15) is 5.82 Å². The fraction of sp³-hybridized carbons (Fsp3) is 0.308. The zero-order valence-electron chi connectivity index (χ0n) is 9.93. The van der Waals surface area contributed by atoms with Gasteiger partial charge in [-0.2, -0.15) is 0 Å². The fourth-order valence-corrected chi connectivity index (χ4v) is 1.73. The van der Waals surface area contributed by atoms with E-state index in [0.717, 1.165) is 29.1 Å². The van der Waals surface area contributed by atoms with Crippen LogP contribution in [0.15, 0.2) is 30.7 Å². The predicted molar refractivity (Wildman–Crippen MR) is 66.3 cm³/mol. The third-order valence-corrected chi connectivity index (χ3v) is 2.64. The number of rotatable bonds is 4. The van der Waals surface area contributed by atoms with Gasteiger partial charge in [-0.05, 0) is 18.1 Å². The topological polar surface area (TPSA) is 64.7 Å². The molecule has 2 aromatic rings. The van der Waals surface area contributed by atoms with Gasteiger partial charge in [-0.15, -0.1) is 0 Å². The Bertz CT molecular complexity index is 482. The zero-order valence-corrected chi connectivity index (χ0v) is 9.93. The summed E-state index contributed by atoms with van der Waals surface area (Å²) in [6.45, 7) is 2.58. The van der Waals surface area contributed by atoms with E-state index < -0.39 is 0 Å². The number of hydrogen-bond acceptors (Lipinski definition) is 4. The second kappa shape index (κ2) is 5.50. The van der Waals surface area contributed by atoms with Gasteiger partial charge in [-0.25, -0.2) is 9.97 Å². The molecule has 0 spiro atoms. The molecule has 0 saturated carbocycles. The van der Waals surface area contributed by atoms with Crippen molar-refractivity contribution in [3.05, 3.63) is 53.4 Å². The van der Waals surface area contributed by atoms with Crippen molar-refractivity contribution in [2.24, 2.45) is 5.73 Å². The van der Waals surface area contributed by atoms with E-state index in [1.807, 2.05) is 24.5 Å². The molecule has 0 bridgehead atoms. The highest BCUT2D eigenvalue weighted by Gasteiger charge is 2.05. The molecule has 0 atom stereocenters. The van der Waals surface area contributed by atoms with Crippen molar-refractivity contribution in [3.8, 4) is 0 Å². The van der Waals surface area contributed by atoms with Crippen LogP contribution in [0.1, 0.15) is 29.6 Å². The molecule has 2 heterocycles. The van der Waals surface area contributed by atoms with Crippen LogP contribution >= 0.6 is 0 Å². The molecule has 0 saturated heterocycles. The van der Waals surface area contributed by atoms with Gasteiger partial charge in [0, 0.05) is 42.8 Å². The molecule has 2 aromatic heterocycles. The highest BCUT2D eigenvalue weighted by Crippen LogP contribution is 2.08. The molecular weight excluding hydrogens is 212 g/mol. The lowest BCUT2D eigenvalue weighted by Crippen LogP contribution is -2.07. The maximum Gasteiger partial charge on any atom is 0.132 e. The van der Waals surface area contributed by atoms with Crippen LogP contribution in [0.5, 0.6) is 0 Å². The summed E-state index contributed by atoms with van der Waals surface area (Å²) in [6.07, 6.45) is 7.03. The molecule has 0 aliphatic rings. The summed E-state index contributed by atoms with van der Waals surface area (Å²) >= 11 is 0. The summed E-state index contributed by atoms with van der Waals surface area (Å²) in [5, 5.41) is 0. The maximum atomic E-state index is 5.64. The summed E-state index contributed by atoms with van der Waals surface area (Å²) in [4.78, 5) is 13.0. The molecule has 0 radical (unpaired) electrons. The van der Waals surface area contributed by atoms with Gasteiger partial charge in [0.25, 0.3) is 0 Å². The molecule has 0 fully saturated rings. The lowest BCUT2D eigenvalue weighted by molar-refractivity contribution is 0.857. The predicted octanol–water partition coefficient (Wildman–Crippen LogP) is 1.48. The van der Waals surface area contributed by atoms with Crippen molar-refractivity contribution in [1.29, 1.82) is 0 Å². The van der Waals surface area contributed by atoms with Crippen molar-refractivity contribution in [2.75, 3.05) is 0 Å². The van der Waals surface area contributed by atoms with E-state index in [9.17, 15) is 0 Å². The number of nitrogens with two attached hydrogens (primary N) is 1. The van der Waals surface area contributed by atoms with Crippen molar-refractivity contribution in [1.82, 2.24) is 15.0 Å². The van der Waals surface area contributed by atoms with Crippen LogP contribution in [0.25, 0.3) is 0 Å². The van der Waals surface area contributed by atoms with Gasteiger partial charge < -0.3 is 5.73 Å². The Labute approximate surface area is 101 Å². The molecule has 2 N–H and O–H groups in total. The monoisotopic (exact) mass is 228 g/mol. The molecule has 2 rings (SSSR count). The standard InChI is InChI=1S/C13H16N4/c1-2-12-11(7-14)9-16-13(17-12)6-10-4-3-5-15-8-10/h3-5,8-9H,2,6-7,14H2,1H3. The van der Waals surface area contributed by atoms with Crippen LogP contribution in [0.4, 0.5) is 0 Å². The molecule has 0 aromatic carbocycles. The molecule has 0 unspecified atom stereocenters. The van der Waals surface area contributed by atoms with Gasteiger partial charge in [0.2, 0.25) is 0 Å². The summed E-state index contributed by atoms with van der Waals surface area (Å²) < 4.78 is 0. The Morgan fingerprint density at radius 3 is 2.82 bits per heavy atom. The molecule has 88 valence electrons. The normalized spacial score (nSPS) is 10.5. The van der Waals surface area contributed by atoms with Crippen LogP contribution in [0, 0.1) is 0 Å². The van der Waals surface area contributed by atoms with Crippen molar-refractivity contribution >= 4 is 0 Å². The minimum atomic E-state index is 0.496. The Hall–Kier alpha value is -1.81. The van der Waals surface area contributed by atoms with Gasteiger partial charge >= 0.3 is 0 Å². The number of nitrogens with zero attached hydrogens (tertiary/aromatic N) is 3. The number of aryl methyl sites for hydroxylation is 1. The number of hydrogen-bond donors (Lipinski definition) is 1. The average Bonchev–Trinajstić information content (AvgIpc) is 2.40. The van der Waals surface area contributed by atoms with Crippen molar-refractivity contribution in [3.63, 3.8) is 0 Å². The zero-order chi connectivity index (χ0) is 12.1. The van der Waals surface area contributed by atoms with E-state index in [4.69, 9.17) is 5.73 Å². The largest absolute Gasteiger partial charge is 0.326 e. The molecule has 0 amide bonds. The first-order valence-corrected chi connectivity index (χ1v) is 5.76. The quantitative estimate of drug-likeness (QED) is 0.861. The smallest absolute Gasteiger partial charge is 0.132 e. The molecule has 4 heteroatoms. The molecule has 0 aliphatic carbocycles. The summed E-state index contributed by atoms with van der Waals surface area (Å²) in [7, 11) is 0. The van der Waals surface area contributed by atoms with E-state index in [-0.39, 0.29) is 0 Å². The number of pyridine rings is 1. The lowest BCUT2D eigenvalue weighted by Gasteiger charge is -2.06. The number of aromatic nitrogens is 3. The minimum absolute atomic E-state index is 0.496. The van der Waals surface area contributed by atoms with Crippen molar-refractivity contribution in [2.45, 2.75) is 26.3 Å². The van der Waals surface area contributed by atoms with E-state index in [1.54, 1.807) is 6.20 Å². The fourth-order valence-electron chi connectivity index (χ4n) is 1.73. The summed E-state index contributed by atoms with van der Waals surface area (Å²) in [5.41, 5.74) is 8.83. The maximum absolute atomic E-state index is 5.64. The van der Waals surface area contributed by atoms with E-state index in [1.165, 1.54) is 0 Å². The molecule has 4 nitrogen and oxygen atoms in total. The van der Waals surface area contributed by atoms with Crippen LogP contribution < -0.4 is 5.73 Å². The first-order chi connectivity index (χ1) is 8.33. The van der Waals surface area contributed by atoms with Gasteiger partial charge in [0.05, 0.1) is 0 Å². The second-order valence-electron chi connectivity index (χ2n) is 3.85. The molecule has 17 heavy (non-hydrogen) atoms. The Morgan fingerprint density at radius 2 is 2.18 bits per heavy atom. The Kier molecular flexibility index (Phi) is 3.77. The van der Waals surface area contributed by atoms with E-state index in [2.05, 4.69) is 21.9 Å².